The monoisotopic (exact) mass is 321 g/mol. The minimum Gasteiger partial charge on any atom is -0.477 e. The van der Waals surface area contributed by atoms with Gasteiger partial charge in [0.2, 0.25) is 5.91 Å². The molecule has 0 bridgehead atoms. The summed E-state index contributed by atoms with van der Waals surface area (Å²) >= 11 is 0. The Labute approximate surface area is 135 Å². The Morgan fingerprint density at radius 3 is 2.78 bits per heavy atom. The van der Waals surface area contributed by atoms with Crippen molar-refractivity contribution in [2.45, 2.75) is 44.8 Å². The van der Waals surface area contributed by atoms with Crippen LogP contribution in [0.3, 0.4) is 0 Å². The molecule has 6 nitrogen and oxygen atoms in total. The number of hydrogen-bond acceptors (Lipinski definition) is 4. The van der Waals surface area contributed by atoms with E-state index >= 15 is 0 Å². The standard InChI is InChI=1S/C17H23NO5/c1-3-6-17(8-19)7-4-5-10-12(17)14(16(22)23)18-13(10)11(9(2)20)15(18)21/h3,9-11,13,19-20H,1,4-8H2,2H3,(H,22,23)/t9?,10-,11+,13+,17-/m0/s1. The molecule has 1 aliphatic carbocycles. The molecule has 5 atom stereocenters. The lowest BCUT2D eigenvalue weighted by molar-refractivity contribution is -0.163. The summed E-state index contributed by atoms with van der Waals surface area (Å²) in [6.45, 7) is 5.16. The van der Waals surface area contributed by atoms with E-state index in [1.54, 1.807) is 13.0 Å². The Balaban J connectivity index is 2.13. The maximum atomic E-state index is 12.4. The second-order valence-corrected chi connectivity index (χ2v) is 6.96. The summed E-state index contributed by atoms with van der Waals surface area (Å²) in [7, 11) is 0. The van der Waals surface area contributed by atoms with Crippen LogP contribution in [0.4, 0.5) is 0 Å². The average molecular weight is 321 g/mol. The van der Waals surface area contributed by atoms with Gasteiger partial charge in [0.05, 0.1) is 24.7 Å². The van der Waals surface area contributed by atoms with E-state index in [1.165, 1.54) is 4.90 Å². The Kier molecular flexibility index (Phi) is 3.84. The van der Waals surface area contributed by atoms with Crippen molar-refractivity contribution in [2.24, 2.45) is 17.3 Å². The van der Waals surface area contributed by atoms with Gasteiger partial charge in [0.15, 0.2) is 0 Å². The highest BCUT2D eigenvalue weighted by molar-refractivity contribution is 6.00. The van der Waals surface area contributed by atoms with Crippen LogP contribution in [0, 0.1) is 17.3 Å². The summed E-state index contributed by atoms with van der Waals surface area (Å²) in [5.74, 6) is -2.10. The van der Waals surface area contributed by atoms with Crippen LogP contribution < -0.4 is 0 Å². The average Bonchev–Trinajstić information content (AvgIpc) is 2.79. The van der Waals surface area contributed by atoms with Crippen molar-refractivity contribution >= 4 is 11.9 Å². The number of aliphatic hydroxyl groups excluding tert-OH is 2. The molecule has 6 heteroatoms. The molecule has 0 radical (unpaired) electrons. The number of carbonyl (C=O) groups excluding carboxylic acids is 1. The molecule has 3 aliphatic rings. The van der Waals surface area contributed by atoms with E-state index in [1.807, 2.05) is 0 Å². The molecule has 1 saturated heterocycles. The molecule has 126 valence electrons. The normalized spacial score (nSPS) is 37.1. The first-order chi connectivity index (χ1) is 10.9. The molecule has 1 amide bonds. The van der Waals surface area contributed by atoms with E-state index < -0.39 is 23.4 Å². The van der Waals surface area contributed by atoms with E-state index in [9.17, 15) is 24.9 Å². The maximum absolute atomic E-state index is 12.4. The molecule has 3 N–H and O–H groups in total. The van der Waals surface area contributed by atoms with Gasteiger partial charge in [-0.25, -0.2) is 4.79 Å². The second-order valence-electron chi connectivity index (χ2n) is 6.96. The number of allylic oxidation sites excluding steroid dienone is 1. The number of amides is 1. The van der Waals surface area contributed by atoms with Crippen LogP contribution in [-0.4, -0.2) is 50.8 Å². The predicted molar refractivity (Wildman–Crippen MR) is 82.1 cm³/mol. The number of rotatable bonds is 5. The Bertz CT molecular complexity index is 596. The minimum atomic E-state index is -1.13. The maximum Gasteiger partial charge on any atom is 0.352 e. The van der Waals surface area contributed by atoms with Crippen molar-refractivity contribution in [2.75, 3.05) is 6.61 Å². The van der Waals surface area contributed by atoms with Crippen molar-refractivity contribution in [1.82, 2.24) is 4.90 Å². The SMILES string of the molecule is C=CC[C@@]1(CO)CCC[C@H]2C1=C(C(=O)O)N1C(=O)[C@H](C(C)O)[C@@H]21. The van der Waals surface area contributed by atoms with Gasteiger partial charge in [-0.05, 0) is 31.8 Å². The lowest BCUT2D eigenvalue weighted by Gasteiger charge is -2.48. The largest absolute Gasteiger partial charge is 0.477 e. The Hall–Kier alpha value is -1.66. The Morgan fingerprint density at radius 2 is 2.26 bits per heavy atom. The first kappa shape index (κ1) is 16.2. The van der Waals surface area contributed by atoms with Gasteiger partial charge in [-0.3, -0.25) is 4.79 Å². The number of nitrogens with zero attached hydrogens (tertiary/aromatic N) is 1. The third-order valence-electron chi connectivity index (χ3n) is 5.77. The molecule has 0 aromatic heterocycles. The Morgan fingerprint density at radius 1 is 1.57 bits per heavy atom. The molecule has 2 aliphatic heterocycles. The van der Waals surface area contributed by atoms with Crippen LogP contribution in [0.5, 0.6) is 0 Å². The van der Waals surface area contributed by atoms with Crippen LogP contribution in [0.1, 0.15) is 32.6 Å². The highest BCUT2D eigenvalue weighted by Gasteiger charge is 2.64. The molecule has 23 heavy (non-hydrogen) atoms. The van der Waals surface area contributed by atoms with Gasteiger partial charge in [0, 0.05) is 11.3 Å². The summed E-state index contributed by atoms with van der Waals surface area (Å²) in [4.78, 5) is 25.6. The molecule has 0 aromatic rings. The lowest BCUT2D eigenvalue weighted by atomic mass is 9.61. The van der Waals surface area contributed by atoms with Gasteiger partial charge < -0.3 is 20.2 Å². The van der Waals surface area contributed by atoms with Crippen molar-refractivity contribution < 1.29 is 24.9 Å². The number of fused-ring (bicyclic) bond motifs is 3. The zero-order chi connectivity index (χ0) is 16.9. The molecule has 3 rings (SSSR count). The van der Waals surface area contributed by atoms with Crippen LogP contribution >= 0.6 is 0 Å². The number of aliphatic hydroxyl groups is 2. The summed E-state index contributed by atoms with van der Waals surface area (Å²) in [6.07, 6.45) is 3.72. The summed E-state index contributed by atoms with van der Waals surface area (Å²) in [5.41, 5.74) is 0.0526. The number of hydrogen-bond donors (Lipinski definition) is 3. The van der Waals surface area contributed by atoms with Gasteiger partial charge >= 0.3 is 5.97 Å². The van der Waals surface area contributed by atoms with Crippen molar-refractivity contribution in [3.8, 4) is 0 Å². The predicted octanol–water partition coefficient (Wildman–Crippen LogP) is 0.901. The van der Waals surface area contributed by atoms with Crippen molar-refractivity contribution in [3.05, 3.63) is 23.9 Å². The number of β-lactam (4-membered cyclic amide) rings is 1. The van der Waals surface area contributed by atoms with Gasteiger partial charge in [0.1, 0.15) is 5.70 Å². The highest BCUT2D eigenvalue weighted by Crippen LogP contribution is 2.58. The molecular weight excluding hydrogens is 298 g/mol. The molecule has 2 fully saturated rings. The van der Waals surface area contributed by atoms with Gasteiger partial charge in [0.25, 0.3) is 0 Å². The first-order valence-electron chi connectivity index (χ1n) is 8.10. The summed E-state index contributed by atoms with van der Waals surface area (Å²) in [5, 5.41) is 29.6. The van der Waals surface area contributed by atoms with E-state index in [0.29, 0.717) is 18.4 Å². The second kappa shape index (κ2) is 5.46. The van der Waals surface area contributed by atoms with Gasteiger partial charge in [-0.15, -0.1) is 6.58 Å². The third kappa shape index (κ3) is 2.01. The molecule has 0 spiro atoms. The summed E-state index contributed by atoms with van der Waals surface area (Å²) in [6, 6.07) is -0.292. The number of aliphatic carboxylic acids is 1. The fraction of sp³-hybridized carbons (Fsp3) is 0.647. The minimum absolute atomic E-state index is 0.0255. The third-order valence-corrected chi connectivity index (χ3v) is 5.77. The van der Waals surface area contributed by atoms with E-state index in [-0.39, 0.29) is 30.2 Å². The topological polar surface area (TPSA) is 98.1 Å². The van der Waals surface area contributed by atoms with Crippen molar-refractivity contribution in [1.29, 1.82) is 0 Å². The first-order valence-corrected chi connectivity index (χ1v) is 8.10. The van der Waals surface area contributed by atoms with Gasteiger partial charge in [-0.2, -0.15) is 0 Å². The van der Waals surface area contributed by atoms with Crippen LogP contribution in [-0.2, 0) is 9.59 Å². The van der Waals surface area contributed by atoms with Gasteiger partial charge in [-0.1, -0.05) is 12.5 Å². The molecule has 0 aromatic carbocycles. The van der Waals surface area contributed by atoms with E-state index in [0.717, 1.165) is 12.8 Å². The molecule has 1 saturated carbocycles. The molecular formula is C17H23NO5. The van der Waals surface area contributed by atoms with Crippen molar-refractivity contribution in [3.63, 3.8) is 0 Å². The lowest BCUT2D eigenvalue weighted by Crippen LogP contribution is -2.64. The number of carboxylic acids is 1. The van der Waals surface area contributed by atoms with E-state index in [2.05, 4.69) is 6.58 Å². The fourth-order valence-electron chi connectivity index (χ4n) is 4.88. The van der Waals surface area contributed by atoms with E-state index in [4.69, 9.17) is 0 Å². The zero-order valence-electron chi connectivity index (χ0n) is 13.2. The quantitative estimate of drug-likeness (QED) is 0.516. The molecule has 1 unspecified atom stereocenters. The summed E-state index contributed by atoms with van der Waals surface area (Å²) < 4.78 is 0. The van der Waals surface area contributed by atoms with Crippen LogP contribution in [0.25, 0.3) is 0 Å². The van der Waals surface area contributed by atoms with Crippen LogP contribution in [0.15, 0.2) is 23.9 Å². The fourth-order valence-corrected chi connectivity index (χ4v) is 4.88. The molecule has 2 heterocycles. The smallest absolute Gasteiger partial charge is 0.352 e. The van der Waals surface area contributed by atoms with Crippen LogP contribution in [0.2, 0.25) is 0 Å². The zero-order valence-corrected chi connectivity index (χ0v) is 13.2. The highest BCUT2D eigenvalue weighted by atomic mass is 16.4. The number of carbonyl (C=O) groups is 2. The number of carboxylic acid groups (broad SMARTS) is 1.